The number of hydrogen-bond donors (Lipinski definition) is 2. The van der Waals surface area contributed by atoms with Crippen LogP contribution in [0.4, 0.5) is 0 Å². The molecule has 0 aliphatic heterocycles. The van der Waals surface area contributed by atoms with E-state index in [0.29, 0.717) is 11.4 Å². The summed E-state index contributed by atoms with van der Waals surface area (Å²) in [5.41, 5.74) is 0.954. The molecule has 0 aromatic carbocycles. The minimum atomic E-state index is -3.43. The van der Waals surface area contributed by atoms with Crippen LogP contribution in [0.5, 0.6) is 0 Å². The van der Waals surface area contributed by atoms with Crippen molar-refractivity contribution < 1.29 is 13.2 Å². The Balaban J connectivity index is 2.02. The van der Waals surface area contributed by atoms with E-state index < -0.39 is 10.0 Å². The molecule has 0 radical (unpaired) electrons. The lowest BCUT2D eigenvalue weighted by Crippen LogP contribution is -2.47. The second kappa shape index (κ2) is 6.26. The summed E-state index contributed by atoms with van der Waals surface area (Å²) in [7, 11) is 0.0766. The van der Waals surface area contributed by atoms with Crippen molar-refractivity contribution in [3.63, 3.8) is 0 Å². The van der Waals surface area contributed by atoms with Crippen molar-refractivity contribution in [2.24, 2.45) is 7.05 Å². The quantitative estimate of drug-likeness (QED) is 0.773. The lowest BCUT2D eigenvalue weighted by molar-refractivity contribution is 0.0236. The zero-order valence-electron chi connectivity index (χ0n) is 12.2. The van der Waals surface area contributed by atoms with Gasteiger partial charge in [-0.05, 0) is 25.5 Å². The predicted molar refractivity (Wildman–Crippen MR) is 76.9 cm³/mol. The maximum atomic E-state index is 12.3. The number of methoxy groups -OCH3 is 1. The summed E-state index contributed by atoms with van der Waals surface area (Å²) in [5.74, 6) is 0. The molecule has 1 saturated carbocycles. The van der Waals surface area contributed by atoms with Gasteiger partial charge in [0, 0.05) is 38.6 Å². The summed E-state index contributed by atoms with van der Waals surface area (Å²) in [6.45, 7) is 3.54. The number of nitrogens with zero attached hydrogens (tertiary/aromatic N) is 1. The van der Waals surface area contributed by atoms with Crippen LogP contribution in [0.15, 0.2) is 17.2 Å². The van der Waals surface area contributed by atoms with Gasteiger partial charge in [0.1, 0.15) is 0 Å². The van der Waals surface area contributed by atoms with Gasteiger partial charge in [0.15, 0.2) is 0 Å². The molecule has 1 aromatic heterocycles. The second-order valence-electron chi connectivity index (χ2n) is 5.21. The van der Waals surface area contributed by atoms with E-state index in [1.54, 1.807) is 19.4 Å². The topological polar surface area (TPSA) is 72.4 Å². The van der Waals surface area contributed by atoms with Gasteiger partial charge in [0.05, 0.1) is 11.0 Å². The van der Waals surface area contributed by atoms with Crippen molar-refractivity contribution in [2.75, 3.05) is 13.7 Å². The third kappa shape index (κ3) is 3.41. The van der Waals surface area contributed by atoms with Gasteiger partial charge < -0.3 is 14.6 Å². The van der Waals surface area contributed by atoms with Crippen LogP contribution >= 0.6 is 0 Å². The first-order valence-electron chi connectivity index (χ1n) is 6.87. The first kappa shape index (κ1) is 15.5. The highest BCUT2D eigenvalue weighted by molar-refractivity contribution is 7.89. The predicted octanol–water partition coefficient (Wildman–Crippen LogP) is 0.590. The first-order valence-corrected chi connectivity index (χ1v) is 8.35. The zero-order valence-corrected chi connectivity index (χ0v) is 13.0. The molecule has 0 saturated heterocycles. The number of ether oxygens (including phenoxy) is 1. The Morgan fingerprint density at radius 3 is 2.75 bits per heavy atom. The summed E-state index contributed by atoms with van der Waals surface area (Å²) < 4.78 is 34.3. The van der Waals surface area contributed by atoms with Crippen LogP contribution < -0.4 is 10.0 Å². The molecule has 6 nitrogen and oxygen atoms in total. The van der Waals surface area contributed by atoms with E-state index >= 15 is 0 Å². The fraction of sp³-hybridized carbons (Fsp3) is 0.692. The molecule has 0 bridgehead atoms. The van der Waals surface area contributed by atoms with Crippen molar-refractivity contribution >= 4 is 10.0 Å². The molecule has 0 unspecified atom stereocenters. The third-order valence-electron chi connectivity index (χ3n) is 3.70. The number of aromatic nitrogens is 1. The van der Waals surface area contributed by atoms with E-state index in [1.807, 2.05) is 18.5 Å². The average Bonchev–Trinajstić information content (AvgIpc) is 2.73. The van der Waals surface area contributed by atoms with Crippen LogP contribution in [0.25, 0.3) is 0 Å². The van der Waals surface area contributed by atoms with Crippen LogP contribution in [-0.2, 0) is 28.4 Å². The van der Waals surface area contributed by atoms with Crippen molar-refractivity contribution in [1.82, 2.24) is 14.6 Å². The molecular weight excluding hydrogens is 278 g/mol. The molecule has 1 aliphatic carbocycles. The smallest absolute Gasteiger partial charge is 0.242 e. The molecule has 1 fully saturated rings. The lowest BCUT2D eigenvalue weighted by atomic mass is 9.90. The third-order valence-corrected chi connectivity index (χ3v) is 5.19. The van der Waals surface area contributed by atoms with Gasteiger partial charge in [0.2, 0.25) is 10.0 Å². The molecule has 1 aliphatic rings. The fourth-order valence-electron chi connectivity index (χ4n) is 2.29. The normalized spacial score (nSPS) is 22.8. The molecule has 114 valence electrons. The van der Waals surface area contributed by atoms with Gasteiger partial charge in [-0.25, -0.2) is 13.1 Å². The van der Waals surface area contributed by atoms with Gasteiger partial charge in [-0.3, -0.25) is 0 Å². The van der Waals surface area contributed by atoms with Crippen molar-refractivity contribution in [2.45, 2.75) is 43.4 Å². The molecule has 0 amide bonds. The van der Waals surface area contributed by atoms with Crippen LogP contribution in [0.3, 0.4) is 0 Å². The first-order chi connectivity index (χ1) is 9.46. The Hall–Kier alpha value is -0.890. The number of nitrogens with one attached hydrogen (secondary N) is 2. The molecule has 2 rings (SSSR count). The van der Waals surface area contributed by atoms with Gasteiger partial charge in [-0.2, -0.15) is 0 Å². The van der Waals surface area contributed by atoms with E-state index in [0.717, 1.165) is 25.1 Å². The minimum Gasteiger partial charge on any atom is -0.381 e. The second-order valence-corrected chi connectivity index (χ2v) is 6.92. The Bertz CT molecular complexity index is 547. The van der Waals surface area contributed by atoms with Crippen LogP contribution in [0.1, 0.15) is 25.5 Å². The van der Waals surface area contributed by atoms with Crippen molar-refractivity contribution in [3.05, 3.63) is 18.0 Å². The van der Waals surface area contributed by atoms with Gasteiger partial charge in [-0.1, -0.05) is 6.92 Å². The van der Waals surface area contributed by atoms with Crippen LogP contribution in [0, 0.1) is 0 Å². The Morgan fingerprint density at radius 1 is 1.45 bits per heavy atom. The Morgan fingerprint density at radius 2 is 2.15 bits per heavy atom. The number of hydrogen-bond acceptors (Lipinski definition) is 4. The number of sulfonamides is 1. The molecule has 20 heavy (non-hydrogen) atoms. The molecule has 1 aromatic rings. The number of rotatable bonds is 7. The molecular formula is C13H23N3O3S. The summed E-state index contributed by atoms with van der Waals surface area (Å²) in [6, 6.07) is 1.71. The van der Waals surface area contributed by atoms with Crippen LogP contribution in [0.2, 0.25) is 0 Å². The average molecular weight is 301 g/mol. The zero-order chi connectivity index (χ0) is 14.8. The van der Waals surface area contributed by atoms with Crippen molar-refractivity contribution in [3.8, 4) is 0 Å². The van der Waals surface area contributed by atoms with Gasteiger partial charge >= 0.3 is 0 Å². The maximum absolute atomic E-state index is 12.3. The van der Waals surface area contributed by atoms with Gasteiger partial charge in [0.25, 0.3) is 0 Å². The monoisotopic (exact) mass is 301 g/mol. The van der Waals surface area contributed by atoms with E-state index in [1.165, 1.54) is 0 Å². The molecule has 2 N–H and O–H groups in total. The van der Waals surface area contributed by atoms with E-state index in [9.17, 15) is 8.42 Å². The maximum Gasteiger partial charge on any atom is 0.242 e. The highest BCUT2D eigenvalue weighted by Gasteiger charge is 2.33. The Kier molecular flexibility index (Phi) is 4.85. The van der Waals surface area contributed by atoms with E-state index in [2.05, 4.69) is 10.0 Å². The summed E-state index contributed by atoms with van der Waals surface area (Å²) in [5, 5.41) is 3.19. The molecule has 1 heterocycles. The fourth-order valence-corrected chi connectivity index (χ4v) is 3.65. The lowest BCUT2D eigenvalue weighted by Gasteiger charge is -2.34. The van der Waals surface area contributed by atoms with Gasteiger partial charge in [-0.15, -0.1) is 0 Å². The summed E-state index contributed by atoms with van der Waals surface area (Å²) in [6.07, 6.45) is 3.32. The summed E-state index contributed by atoms with van der Waals surface area (Å²) >= 11 is 0. The van der Waals surface area contributed by atoms with E-state index in [-0.39, 0.29) is 12.1 Å². The minimum absolute atomic E-state index is 0.0117. The Labute approximate surface area is 120 Å². The van der Waals surface area contributed by atoms with Crippen LogP contribution in [-0.4, -0.2) is 38.8 Å². The van der Waals surface area contributed by atoms with E-state index in [4.69, 9.17) is 4.74 Å². The standard InChI is InChI=1S/C13H23N3O3S/c1-4-14-8-11-7-13(9-16(11)2)20(17,18)15-10-5-12(6-10)19-3/h7,9-10,12,14-15H,4-6,8H2,1-3H3. The SMILES string of the molecule is CCNCc1cc(S(=O)(=O)NC2CC(OC)C2)cn1C. The molecule has 0 atom stereocenters. The number of aryl methyl sites for hydroxylation is 1. The highest BCUT2D eigenvalue weighted by atomic mass is 32.2. The largest absolute Gasteiger partial charge is 0.381 e. The molecule has 7 heteroatoms. The molecule has 0 spiro atoms. The summed E-state index contributed by atoms with van der Waals surface area (Å²) in [4.78, 5) is 0.328. The highest BCUT2D eigenvalue weighted by Crippen LogP contribution is 2.24. The van der Waals surface area contributed by atoms with Crippen molar-refractivity contribution in [1.29, 1.82) is 0 Å².